The van der Waals surface area contributed by atoms with E-state index >= 15 is 0 Å². The molecule has 0 saturated carbocycles. The van der Waals surface area contributed by atoms with Crippen LogP contribution >= 0.6 is 11.3 Å². The summed E-state index contributed by atoms with van der Waals surface area (Å²) in [6, 6.07) is 1.70. The van der Waals surface area contributed by atoms with Crippen LogP contribution in [0.15, 0.2) is 11.4 Å². The highest BCUT2D eigenvalue weighted by atomic mass is 32.1. The summed E-state index contributed by atoms with van der Waals surface area (Å²) in [4.78, 5) is 11.7. The Hall–Kier alpha value is -0.910. The predicted octanol–water partition coefficient (Wildman–Crippen LogP) is 1.94. The van der Waals surface area contributed by atoms with Gasteiger partial charge in [0.15, 0.2) is 0 Å². The van der Waals surface area contributed by atoms with Crippen molar-refractivity contribution >= 4 is 17.3 Å². The summed E-state index contributed by atoms with van der Waals surface area (Å²) in [6.45, 7) is 3.88. The number of aliphatic hydroxyl groups excluding tert-OH is 1. The number of hydrogen-bond acceptors (Lipinski definition) is 4. The molecule has 0 bridgehead atoms. The number of nitrogens with one attached hydrogen (secondary N) is 1. The minimum absolute atomic E-state index is 0.243. The number of carboxylic acid groups (broad SMARTS) is 1. The van der Waals surface area contributed by atoms with Gasteiger partial charge in [0.2, 0.25) is 0 Å². The fourth-order valence-corrected chi connectivity index (χ4v) is 2.29. The summed E-state index contributed by atoms with van der Waals surface area (Å²) in [5.74, 6) is -0.513. The molecule has 96 valence electrons. The smallest absolute Gasteiger partial charge is 0.336 e. The monoisotopic (exact) mass is 257 g/mol. The molecule has 5 heteroatoms. The zero-order valence-electron chi connectivity index (χ0n) is 9.98. The Bertz CT molecular complexity index is 351. The van der Waals surface area contributed by atoms with Crippen LogP contribution in [0.1, 0.15) is 35.0 Å². The molecular formula is C12H19NO3S. The molecule has 17 heavy (non-hydrogen) atoms. The molecule has 0 aliphatic carbocycles. The molecule has 1 atom stereocenters. The van der Waals surface area contributed by atoms with Crippen molar-refractivity contribution in [1.29, 1.82) is 0 Å². The molecule has 1 rings (SSSR count). The van der Waals surface area contributed by atoms with E-state index in [1.165, 1.54) is 11.3 Å². The van der Waals surface area contributed by atoms with Gasteiger partial charge in [0, 0.05) is 23.4 Å². The second-order valence-electron chi connectivity index (χ2n) is 4.21. The van der Waals surface area contributed by atoms with E-state index in [2.05, 4.69) is 5.32 Å². The lowest BCUT2D eigenvalue weighted by atomic mass is 10.1. The fraction of sp³-hybridized carbons (Fsp3) is 0.583. The van der Waals surface area contributed by atoms with Crippen LogP contribution in [-0.4, -0.2) is 29.3 Å². The molecule has 0 aromatic carbocycles. The Morgan fingerprint density at radius 1 is 1.59 bits per heavy atom. The van der Waals surface area contributed by atoms with Crippen molar-refractivity contribution in [3.63, 3.8) is 0 Å². The third-order valence-electron chi connectivity index (χ3n) is 2.56. The third kappa shape index (κ3) is 5.30. The molecule has 0 saturated heterocycles. The maximum absolute atomic E-state index is 10.7. The van der Waals surface area contributed by atoms with Crippen LogP contribution in [0.5, 0.6) is 0 Å². The van der Waals surface area contributed by atoms with Crippen LogP contribution in [-0.2, 0) is 6.54 Å². The van der Waals surface area contributed by atoms with Gasteiger partial charge in [-0.05, 0) is 31.4 Å². The third-order valence-corrected chi connectivity index (χ3v) is 3.50. The van der Waals surface area contributed by atoms with Crippen molar-refractivity contribution < 1.29 is 15.0 Å². The Morgan fingerprint density at radius 2 is 2.35 bits per heavy atom. The van der Waals surface area contributed by atoms with E-state index in [0.717, 1.165) is 24.3 Å². The highest BCUT2D eigenvalue weighted by Crippen LogP contribution is 2.14. The normalized spacial score (nSPS) is 12.6. The Morgan fingerprint density at radius 3 is 2.94 bits per heavy atom. The van der Waals surface area contributed by atoms with Crippen molar-refractivity contribution in [2.75, 3.05) is 13.2 Å². The van der Waals surface area contributed by atoms with Crippen LogP contribution in [0.4, 0.5) is 0 Å². The highest BCUT2D eigenvalue weighted by Gasteiger charge is 2.05. The van der Waals surface area contributed by atoms with Crippen LogP contribution in [0.2, 0.25) is 0 Å². The van der Waals surface area contributed by atoms with Gasteiger partial charge in [-0.25, -0.2) is 4.79 Å². The quantitative estimate of drug-likeness (QED) is 0.623. The minimum atomic E-state index is -0.871. The van der Waals surface area contributed by atoms with Gasteiger partial charge in [-0.1, -0.05) is 6.92 Å². The molecule has 3 N–H and O–H groups in total. The summed E-state index contributed by atoms with van der Waals surface area (Å²) >= 11 is 1.46. The molecule has 0 radical (unpaired) electrons. The van der Waals surface area contributed by atoms with Crippen LogP contribution in [0.25, 0.3) is 0 Å². The molecule has 0 aliphatic heterocycles. The van der Waals surface area contributed by atoms with Gasteiger partial charge in [-0.15, -0.1) is 11.3 Å². The summed E-state index contributed by atoms with van der Waals surface area (Å²) in [6.07, 6.45) is 2.03. The lowest BCUT2D eigenvalue weighted by Gasteiger charge is -2.07. The van der Waals surface area contributed by atoms with Crippen LogP contribution in [0, 0.1) is 5.92 Å². The fourth-order valence-electron chi connectivity index (χ4n) is 1.46. The van der Waals surface area contributed by atoms with Gasteiger partial charge in [-0.2, -0.15) is 0 Å². The van der Waals surface area contributed by atoms with Gasteiger partial charge in [-0.3, -0.25) is 0 Å². The van der Waals surface area contributed by atoms with Gasteiger partial charge >= 0.3 is 5.97 Å². The predicted molar refractivity (Wildman–Crippen MR) is 68.5 cm³/mol. The number of carbonyl (C=O) groups is 1. The molecule has 0 amide bonds. The first-order chi connectivity index (χ1) is 8.13. The molecule has 0 aliphatic rings. The zero-order valence-corrected chi connectivity index (χ0v) is 10.8. The number of aromatic carboxylic acids is 1. The average Bonchev–Trinajstić information content (AvgIpc) is 2.77. The SMILES string of the molecule is CC(CO)CCCNCc1cc(C(=O)O)cs1. The molecule has 1 aromatic heterocycles. The summed E-state index contributed by atoms with van der Waals surface area (Å²) in [5.41, 5.74) is 0.362. The van der Waals surface area contributed by atoms with Crippen LogP contribution in [0.3, 0.4) is 0 Å². The minimum Gasteiger partial charge on any atom is -0.478 e. The van der Waals surface area contributed by atoms with Gasteiger partial charge < -0.3 is 15.5 Å². The average molecular weight is 257 g/mol. The Labute approximate surface area is 105 Å². The maximum atomic E-state index is 10.7. The first-order valence-electron chi connectivity index (χ1n) is 5.75. The summed E-state index contributed by atoms with van der Waals surface area (Å²) in [7, 11) is 0. The number of carboxylic acids is 1. The highest BCUT2D eigenvalue weighted by molar-refractivity contribution is 7.10. The van der Waals surface area contributed by atoms with Crippen molar-refractivity contribution in [3.05, 3.63) is 21.9 Å². The van der Waals surface area contributed by atoms with E-state index in [4.69, 9.17) is 10.2 Å². The first-order valence-corrected chi connectivity index (χ1v) is 6.63. The molecule has 0 spiro atoms. The molecule has 1 unspecified atom stereocenters. The lowest BCUT2D eigenvalue weighted by molar-refractivity contribution is 0.0697. The molecule has 0 fully saturated rings. The summed E-state index contributed by atoms with van der Waals surface area (Å²) < 4.78 is 0. The van der Waals surface area contributed by atoms with Crippen molar-refractivity contribution in [2.24, 2.45) is 5.92 Å². The maximum Gasteiger partial charge on any atom is 0.336 e. The standard InChI is InChI=1S/C12H19NO3S/c1-9(7-14)3-2-4-13-6-11-5-10(8-17-11)12(15)16/h5,8-9,13-14H,2-4,6-7H2,1H3,(H,15,16). The van der Waals surface area contributed by atoms with Gasteiger partial charge in [0.05, 0.1) is 5.56 Å². The first kappa shape index (κ1) is 14.2. The lowest BCUT2D eigenvalue weighted by Crippen LogP contribution is -2.15. The van der Waals surface area contributed by atoms with E-state index < -0.39 is 5.97 Å². The number of thiophene rings is 1. The molecular weight excluding hydrogens is 238 g/mol. The summed E-state index contributed by atoms with van der Waals surface area (Å²) in [5, 5.41) is 22.5. The second kappa shape index (κ2) is 7.42. The van der Waals surface area contributed by atoms with E-state index in [0.29, 0.717) is 18.0 Å². The van der Waals surface area contributed by atoms with E-state index in [-0.39, 0.29) is 6.61 Å². The largest absolute Gasteiger partial charge is 0.478 e. The Balaban J connectivity index is 2.15. The molecule has 1 aromatic rings. The molecule has 1 heterocycles. The topological polar surface area (TPSA) is 69.6 Å². The Kier molecular flexibility index (Phi) is 6.18. The van der Waals surface area contributed by atoms with Crippen molar-refractivity contribution in [2.45, 2.75) is 26.3 Å². The number of rotatable bonds is 8. The number of aliphatic hydroxyl groups is 1. The van der Waals surface area contributed by atoms with Crippen LogP contribution < -0.4 is 5.32 Å². The second-order valence-corrected chi connectivity index (χ2v) is 5.21. The van der Waals surface area contributed by atoms with E-state index in [9.17, 15) is 4.79 Å². The van der Waals surface area contributed by atoms with E-state index in [1.54, 1.807) is 11.4 Å². The number of hydrogen-bond donors (Lipinski definition) is 3. The van der Waals surface area contributed by atoms with E-state index in [1.807, 2.05) is 6.92 Å². The zero-order chi connectivity index (χ0) is 12.7. The van der Waals surface area contributed by atoms with Gasteiger partial charge in [0.25, 0.3) is 0 Å². The van der Waals surface area contributed by atoms with Crippen molar-refractivity contribution in [1.82, 2.24) is 5.32 Å². The molecule has 4 nitrogen and oxygen atoms in total. The van der Waals surface area contributed by atoms with Crippen molar-refractivity contribution in [3.8, 4) is 0 Å². The van der Waals surface area contributed by atoms with Gasteiger partial charge in [0.1, 0.15) is 0 Å².